The van der Waals surface area contributed by atoms with E-state index in [1.165, 1.54) is 6.92 Å². The topological polar surface area (TPSA) is 128 Å². The lowest BCUT2D eigenvalue weighted by Crippen LogP contribution is -2.40. The van der Waals surface area contributed by atoms with Crippen molar-refractivity contribution < 1.29 is 23.8 Å². The minimum atomic E-state index is -0.650. The number of rotatable bonds is 12. The number of ether oxygens (including phenoxy) is 3. The van der Waals surface area contributed by atoms with Crippen molar-refractivity contribution in [1.29, 1.82) is 0 Å². The molecule has 43 heavy (non-hydrogen) atoms. The number of nitrogens with one attached hydrogen (secondary N) is 3. The number of carbonyl (C=O) groups is 2. The molecular weight excluding hydrogens is 568 g/mol. The van der Waals surface area contributed by atoms with Crippen LogP contribution >= 0.6 is 11.8 Å². The van der Waals surface area contributed by atoms with Crippen LogP contribution in [-0.4, -0.2) is 56.2 Å². The van der Waals surface area contributed by atoms with Crippen molar-refractivity contribution in [2.24, 2.45) is 0 Å². The summed E-state index contributed by atoms with van der Waals surface area (Å²) < 4.78 is 17.1. The first-order valence-corrected chi connectivity index (χ1v) is 15.4. The van der Waals surface area contributed by atoms with Crippen LogP contribution in [0.3, 0.4) is 0 Å². The number of fused-ring (bicyclic) bond motifs is 3. The number of thioether (sulfide) groups is 1. The third kappa shape index (κ3) is 7.40. The van der Waals surface area contributed by atoms with Gasteiger partial charge in [0, 0.05) is 18.7 Å². The van der Waals surface area contributed by atoms with Gasteiger partial charge in [-0.25, -0.2) is 0 Å². The number of hydrogen-bond donors (Lipinski definition) is 3. The van der Waals surface area contributed by atoms with Gasteiger partial charge in [0.25, 0.3) is 0 Å². The minimum absolute atomic E-state index is 0.206. The molecule has 228 valence electrons. The molecule has 1 aliphatic carbocycles. The van der Waals surface area contributed by atoms with Crippen LogP contribution in [0.15, 0.2) is 53.5 Å². The van der Waals surface area contributed by atoms with E-state index >= 15 is 0 Å². The second-order valence-corrected chi connectivity index (χ2v) is 11.1. The number of benzene rings is 1. The highest BCUT2D eigenvalue weighted by atomic mass is 32.2. The summed E-state index contributed by atoms with van der Waals surface area (Å²) in [7, 11) is 4.67. The minimum Gasteiger partial charge on any atom is -0.493 e. The Morgan fingerprint density at radius 2 is 1.86 bits per heavy atom. The number of amides is 2. The molecule has 2 unspecified atom stereocenters. The van der Waals surface area contributed by atoms with Gasteiger partial charge in [-0.3, -0.25) is 19.4 Å². The maximum atomic E-state index is 13.7. The number of aromatic nitrogens is 1. The molecular formula is C32H38N4O6S. The number of methoxy groups -OCH3 is 3. The predicted molar refractivity (Wildman–Crippen MR) is 169 cm³/mol. The van der Waals surface area contributed by atoms with Crippen molar-refractivity contribution in [3.8, 4) is 28.4 Å². The third-order valence-electron chi connectivity index (χ3n) is 7.34. The van der Waals surface area contributed by atoms with Crippen LogP contribution in [0.1, 0.15) is 42.6 Å². The van der Waals surface area contributed by atoms with Gasteiger partial charge in [0.05, 0.1) is 45.3 Å². The lowest BCUT2D eigenvalue weighted by atomic mass is 9.95. The van der Waals surface area contributed by atoms with Gasteiger partial charge in [0.15, 0.2) is 11.5 Å². The lowest BCUT2D eigenvalue weighted by Gasteiger charge is -2.19. The van der Waals surface area contributed by atoms with E-state index in [9.17, 15) is 14.4 Å². The van der Waals surface area contributed by atoms with Gasteiger partial charge in [0.2, 0.25) is 23.0 Å². The average Bonchev–Trinajstić information content (AvgIpc) is 3.25. The highest BCUT2D eigenvalue weighted by Crippen LogP contribution is 2.50. The van der Waals surface area contributed by atoms with E-state index in [1.54, 1.807) is 51.4 Å². The van der Waals surface area contributed by atoms with Crippen molar-refractivity contribution in [2.45, 2.75) is 44.8 Å². The van der Waals surface area contributed by atoms with Gasteiger partial charge >= 0.3 is 0 Å². The molecule has 4 rings (SSSR count). The second-order valence-electron chi connectivity index (χ2n) is 10.1. The van der Waals surface area contributed by atoms with Gasteiger partial charge in [-0.1, -0.05) is 12.1 Å². The van der Waals surface area contributed by atoms with Crippen LogP contribution in [0, 0.1) is 0 Å². The summed E-state index contributed by atoms with van der Waals surface area (Å²) in [5.41, 5.74) is 3.77. The van der Waals surface area contributed by atoms with E-state index in [0.29, 0.717) is 42.1 Å². The quantitative estimate of drug-likeness (QED) is 0.279. The van der Waals surface area contributed by atoms with Crippen molar-refractivity contribution >= 4 is 29.3 Å². The van der Waals surface area contributed by atoms with Crippen molar-refractivity contribution in [2.75, 3.05) is 38.7 Å². The zero-order valence-electron chi connectivity index (χ0n) is 25.1. The molecule has 1 aliphatic rings. The molecule has 2 aromatic carbocycles. The van der Waals surface area contributed by atoms with Crippen molar-refractivity contribution in [3.63, 3.8) is 0 Å². The third-order valence-corrected chi connectivity index (χ3v) is 7.99. The molecule has 0 spiro atoms. The van der Waals surface area contributed by atoms with Crippen LogP contribution in [0.5, 0.6) is 17.2 Å². The van der Waals surface area contributed by atoms with Crippen LogP contribution in [-0.2, 0) is 22.6 Å². The smallest absolute Gasteiger partial charge is 0.242 e. The number of carbonyl (C=O) groups excluding carboxylic acids is 2. The molecule has 10 nitrogen and oxygen atoms in total. The van der Waals surface area contributed by atoms with Crippen LogP contribution in [0.2, 0.25) is 0 Å². The van der Waals surface area contributed by atoms with Gasteiger partial charge in [0.1, 0.15) is 6.04 Å². The van der Waals surface area contributed by atoms with Gasteiger partial charge in [-0.2, -0.15) is 11.8 Å². The molecule has 11 heteroatoms. The molecule has 3 aromatic rings. The Morgan fingerprint density at radius 3 is 2.51 bits per heavy atom. The monoisotopic (exact) mass is 606 g/mol. The van der Waals surface area contributed by atoms with E-state index in [-0.39, 0.29) is 29.5 Å². The first-order valence-electron chi connectivity index (χ1n) is 14.0. The Balaban J connectivity index is 1.80. The standard InChI is InChI=1S/C32H38N4O6S/c1-19(37)35-24-11-9-20-16-28(40-2)30(41-3)31(42-4)29(20)22-10-12-25(27(38)17-23(22)24)36-26(13-15-43-5)32(39)34-18-21-8-6-7-14-33-21/h6-8,10,12,14,16-17,24,26H,9,11,13,15,18H2,1-5H3,(H,34,39)(H,35,37)(H,36,38). The molecule has 0 saturated carbocycles. The zero-order chi connectivity index (χ0) is 30.9. The van der Waals surface area contributed by atoms with Crippen LogP contribution in [0.4, 0.5) is 5.69 Å². The SMILES string of the molecule is COc1cc2c(c(OC)c1OC)-c1ccc(NC(CCSC)C(=O)NCc3ccccn3)c(=O)cc1C(NC(C)=O)CC2. The first-order chi connectivity index (χ1) is 20.8. The Hall–Kier alpha value is -4.25. The number of aryl methyl sites for hydroxylation is 1. The number of hydrogen-bond acceptors (Lipinski definition) is 9. The van der Waals surface area contributed by atoms with Crippen LogP contribution < -0.4 is 35.6 Å². The number of nitrogens with zero attached hydrogens (tertiary/aromatic N) is 1. The molecule has 1 aromatic heterocycles. The van der Waals surface area contributed by atoms with Gasteiger partial charge in [-0.05, 0) is 78.3 Å². The summed E-state index contributed by atoms with van der Waals surface area (Å²) in [4.78, 5) is 43.5. The summed E-state index contributed by atoms with van der Waals surface area (Å²) in [6.45, 7) is 1.73. The van der Waals surface area contributed by atoms with E-state index in [1.807, 2.05) is 36.6 Å². The Kier molecular flexibility index (Phi) is 10.9. The maximum absolute atomic E-state index is 13.7. The van der Waals surface area contributed by atoms with Crippen molar-refractivity contribution in [1.82, 2.24) is 15.6 Å². The summed E-state index contributed by atoms with van der Waals surface area (Å²) in [5, 5.41) is 9.15. The van der Waals surface area contributed by atoms with Crippen molar-refractivity contribution in [3.05, 3.63) is 75.7 Å². The fraction of sp³-hybridized carbons (Fsp3) is 0.375. The molecule has 0 fully saturated rings. The molecule has 3 N–H and O–H groups in total. The lowest BCUT2D eigenvalue weighted by molar-refractivity contribution is -0.122. The number of pyridine rings is 1. The molecule has 0 bridgehead atoms. The van der Waals surface area contributed by atoms with Gasteiger partial charge in [-0.15, -0.1) is 0 Å². The van der Waals surface area contributed by atoms with Crippen LogP contribution in [0.25, 0.3) is 11.1 Å². The fourth-order valence-electron chi connectivity index (χ4n) is 5.32. The maximum Gasteiger partial charge on any atom is 0.242 e. The first kappa shape index (κ1) is 31.7. The summed E-state index contributed by atoms with van der Waals surface area (Å²) in [6, 6.07) is 11.4. The van der Waals surface area contributed by atoms with E-state index in [4.69, 9.17) is 14.2 Å². The molecule has 1 heterocycles. The average molecular weight is 607 g/mol. The Morgan fingerprint density at radius 1 is 1.07 bits per heavy atom. The van der Waals surface area contributed by atoms with Gasteiger partial charge < -0.3 is 30.2 Å². The molecule has 2 amide bonds. The zero-order valence-corrected chi connectivity index (χ0v) is 25.9. The summed E-state index contributed by atoms with van der Waals surface area (Å²) in [5.74, 6) is 1.71. The van der Waals surface area contributed by atoms with E-state index in [2.05, 4.69) is 20.9 Å². The number of anilines is 1. The summed E-state index contributed by atoms with van der Waals surface area (Å²) >= 11 is 1.62. The fourth-order valence-corrected chi connectivity index (χ4v) is 5.79. The van der Waals surface area contributed by atoms with E-state index < -0.39 is 12.1 Å². The van der Waals surface area contributed by atoms with E-state index in [0.717, 1.165) is 28.1 Å². The molecule has 0 radical (unpaired) electrons. The largest absolute Gasteiger partial charge is 0.493 e. The molecule has 0 aliphatic heterocycles. The summed E-state index contributed by atoms with van der Waals surface area (Å²) in [6.07, 6.45) is 5.31. The molecule has 2 atom stereocenters. The molecule has 0 saturated heterocycles. The normalized spacial score (nSPS) is 14.3. The highest BCUT2D eigenvalue weighted by molar-refractivity contribution is 7.98. The predicted octanol–water partition coefficient (Wildman–Crippen LogP) is 4.11. The Labute approximate surface area is 255 Å². The second kappa shape index (κ2) is 14.8. The highest BCUT2D eigenvalue weighted by Gasteiger charge is 2.30. The Bertz CT molecular complexity index is 1520.